The van der Waals surface area contributed by atoms with Crippen LogP contribution in [-0.2, 0) is 6.42 Å². The van der Waals surface area contributed by atoms with Gasteiger partial charge in [0.2, 0.25) is 0 Å². The van der Waals surface area contributed by atoms with Crippen LogP contribution in [0.2, 0.25) is 0 Å². The van der Waals surface area contributed by atoms with E-state index in [1.165, 1.54) is 5.56 Å². The van der Waals surface area contributed by atoms with Crippen LogP contribution in [0.15, 0.2) is 24.3 Å². The minimum atomic E-state index is -0.294. The summed E-state index contributed by atoms with van der Waals surface area (Å²) in [6, 6.07) is 8.11. The number of rotatable bonds is 6. The van der Waals surface area contributed by atoms with Gasteiger partial charge in [0.25, 0.3) is 0 Å². The molecule has 0 aromatic heterocycles. The number of benzene rings is 1. The van der Waals surface area contributed by atoms with Crippen molar-refractivity contribution in [2.24, 2.45) is 5.73 Å². The Morgan fingerprint density at radius 2 is 1.71 bits per heavy atom. The van der Waals surface area contributed by atoms with Crippen molar-refractivity contribution in [1.82, 2.24) is 4.90 Å². The maximum atomic E-state index is 6.38. The van der Waals surface area contributed by atoms with Crippen molar-refractivity contribution < 1.29 is 4.74 Å². The van der Waals surface area contributed by atoms with Crippen LogP contribution in [0, 0.1) is 0 Å². The summed E-state index contributed by atoms with van der Waals surface area (Å²) in [7, 11) is 1.68. The number of hydrogen-bond donors (Lipinski definition) is 1. The Morgan fingerprint density at radius 1 is 1.18 bits per heavy atom. The number of nitrogens with zero attached hydrogens (tertiary/aromatic N) is 1. The predicted octanol–water partition coefficient (Wildman–Crippen LogP) is 2.25. The first kappa shape index (κ1) is 14.0. The van der Waals surface area contributed by atoms with E-state index < -0.39 is 0 Å². The smallest absolute Gasteiger partial charge is 0.118 e. The summed E-state index contributed by atoms with van der Waals surface area (Å²) in [5, 5.41) is 0. The molecule has 0 saturated carbocycles. The van der Waals surface area contributed by atoms with E-state index in [-0.39, 0.29) is 5.66 Å². The molecule has 0 radical (unpaired) electrons. The SMILES string of the molecule is CCN(CC)C(C)(N)Cc1ccc(OC)cc1. The van der Waals surface area contributed by atoms with Gasteiger partial charge in [-0.05, 0) is 37.7 Å². The summed E-state index contributed by atoms with van der Waals surface area (Å²) in [6.45, 7) is 8.31. The van der Waals surface area contributed by atoms with Crippen molar-refractivity contribution in [3.8, 4) is 5.75 Å². The molecule has 0 fully saturated rings. The zero-order chi connectivity index (χ0) is 12.9. The molecular formula is C14H24N2O. The molecule has 0 aliphatic carbocycles. The first-order chi connectivity index (χ1) is 8.03. The molecule has 0 bridgehead atoms. The van der Waals surface area contributed by atoms with Crippen LogP contribution in [0.5, 0.6) is 5.75 Å². The third-order valence-corrected chi connectivity index (χ3v) is 3.21. The van der Waals surface area contributed by atoms with Crippen LogP contribution < -0.4 is 10.5 Å². The van der Waals surface area contributed by atoms with Gasteiger partial charge in [-0.2, -0.15) is 0 Å². The van der Waals surface area contributed by atoms with E-state index >= 15 is 0 Å². The first-order valence-electron chi connectivity index (χ1n) is 6.20. The molecule has 1 aromatic rings. The molecule has 3 heteroatoms. The predicted molar refractivity (Wildman–Crippen MR) is 72.2 cm³/mol. The molecule has 2 N–H and O–H groups in total. The number of hydrogen-bond acceptors (Lipinski definition) is 3. The highest BCUT2D eigenvalue weighted by atomic mass is 16.5. The number of ether oxygens (including phenoxy) is 1. The van der Waals surface area contributed by atoms with Gasteiger partial charge in [0.1, 0.15) is 5.75 Å². The lowest BCUT2D eigenvalue weighted by Crippen LogP contribution is -2.55. The second-order valence-electron chi connectivity index (χ2n) is 4.55. The lowest BCUT2D eigenvalue weighted by molar-refractivity contribution is 0.123. The van der Waals surface area contributed by atoms with Gasteiger partial charge >= 0.3 is 0 Å². The van der Waals surface area contributed by atoms with Crippen LogP contribution in [0.4, 0.5) is 0 Å². The minimum Gasteiger partial charge on any atom is -0.497 e. The average molecular weight is 236 g/mol. The molecule has 1 aromatic carbocycles. The number of nitrogens with two attached hydrogens (primary N) is 1. The van der Waals surface area contributed by atoms with E-state index in [0.29, 0.717) is 0 Å². The molecule has 1 unspecified atom stereocenters. The molecule has 17 heavy (non-hydrogen) atoms. The molecule has 0 amide bonds. The Hall–Kier alpha value is -1.06. The van der Waals surface area contributed by atoms with Gasteiger partial charge in [-0.1, -0.05) is 26.0 Å². The fraction of sp³-hybridized carbons (Fsp3) is 0.571. The monoisotopic (exact) mass is 236 g/mol. The summed E-state index contributed by atoms with van der Waals surface area (Å²) in [6.07, 6.45) is 0.846. The van der Waals surface area contributed by atoms with Crippen molar-refractivity contribution in [3.63, 3.8) is 0 Å². The van der Waals surface area contributed by atoms with E-state index in [1.807, 2.05) is 12.1 Å². The maximum absolute atomic E-state index is 6.38. The summed E-state index contributed by atoms with van der Waals surface area (Å²) < 4.78 is 5.15. The van der Waals surface area contributed by atoms with Crippen molar-refractivity contribution in [1.29, 1.82) is 0 Å². The van der Waals surface area contributed by atoms with E-state index in [9.17, 15) is 0 Å². The van der Waals surface area contributed by atoms with Crippen molar-refractivity contribution >= 4 is 0 Å². The van der Waals surface area contributed by atoms with Gasteiger partial charge in [0, 0.05) is 6.42 Å². The highest BCUT2D eigenvalue weighted by Crippen LogP contribution is 2.18. The second-order valence-corrected chi connectivity index (χ2v) is 4.55. The first-order valence-corrected chi connectivity index (χ1v) is 6.20. The average Bonchev–Trinajstić information content (AvgIpc) is 2.30. The zero-order valence-corrected chi connectivity index (χ0v) is 11.4. The molecule has 0 heterocycles. The molecular weight excluding hydrogens is 212 g/mol. The van der Waals surface area contributed by atoms with Crippen molar-refractivity contribution in [2.75, 3.05) is 20.2 Å². The van der Waals surface area contributed by atoms with Gasteiger partial charge in [-0.3, -0.25) is 4.90 Å². The quantitative estimate of drug-likeness (QED) is 0.770. The third kappa shape index (κ3) is 3.72. The Morgan fingerprint density at radius 3 is 2.12 bits per heavy atom. The Labute approximate surface area is 105 Å². The number of likely N-dealkylation sites (N-methyl/N-ethyl adjacent to an activating group) is 1. The van der Waals surface area contributed by atoms with Gasteiger partial charge in [0.15, 0.2) is 0 Å². The van der Waals surface area contributed by atoms with E-state index in [2.05, 4.69) is 37.8 Å². The fourth-order valence-electron chi connectivity index (χ4n) is 2.21. The lowest BCUT2D eigenvalue weighted by atomic mass is 10.0. The molecule has 1 rings (SSSR count). The standard InChI is InChI=1S/C14H24N2O/c1-5-16(6-2)14(3,15)11-12-7-9-13(17-4)10-8-12/h7-10H,5-6,11,15H2,1-4H3. The molecule has 3 nitrogen and oxygen atoms in total. The van der Waals surface area contributed by atoms with Crippen LogP contribution in [0.25, 0.3) is 0 Å². The van der Waals surface area contributed by atoms with E-state index in [4.69, 9.17) is 10.5 Å². The van der Waals surface area contributed by atoms with Gasteiger partial charge in [-0.15, -0.1) is 0 Å². The van der Waals surface area contributed by atoms with Crippen LogP contribution in [0.1, 0.15) is 26.3 Å². The van der Waals surface area contributed by atoms with Gasteiger partial charge in [0.05, 0.1) is 12.8 Å². The maximum Gasteiger partial charge on any atom is 0.118 e. The summed E-state index contributed by atoms with van der Waals surface area (Å²) >= 11 is 0. The van der Waals surface area contributed by atoms with Gasteiger partial charge < -0.3 is 10.5 Å². The molecule has 0 saturated heterocycles. The Kier molecular flexibility index (Phi) is 4.97. The summed E-state index contributed by atoms with van der Waals surface area (Å²) in [4.78, 5) is 2.28. The highest BCUT2D eigenvalue weighted by Gasteiger charge is 2.24. The molecule has 96 valence electrons. The van der Waals surface area contributed by atoms with E-state index in [0.717, 1.165) is 25.3 Å². The van der Waals surface area contributed by atoms with Crippen LogP contribution in [0.3, 0.4) is 0 Å². The lowest BCUT2D eigenvalue weighted by Gasteiger charge is -2.37. The topological polar surface area (TPSA) is 38.5 Å². The van der Waals surface area contributed by atoms with Crippen LogP contribution >= 0.6 is 0 Å². The Balaban J connectivity index is 2.74. The number of methoxy groups -OCH3 is 1. The summed E-state index contributed by atoms with van der Waals surface area (Å²) in [5.74, 6) is 0.885. The van der Waals surface area contributed by atoms with Crippen molar-refractivity contribution in [2.45, 2.75) is 32.9 Å². The second kappa shape index (κ2) is 6.03. The molecule has 0 aliphatic rings. The normalized spacial score (nSPS) is 14.7. The van der Waals surface area contributed by atoms with Gasteiger partial charge in [-0.25, -0.2) is 0 Å². The Bertz CT molecular complexity index is 329. The molecule has 1 atom stereocenters. The molecule has 0 spiro atoms. The largest absolute Gasteiger partial charge is 0.497 e. The highest BCUT2D eigenvalue weighted by molar-refractivity contribution is 5.28. The zero-order valence-electron chi connectivity index (χ0n) is 11.4. The van der Waals surface area contributed by atoms with Crippen LogP contribution in [-0.4, -0.2) is 30.8 Å². The fourth-order valence-corrected chi connectivity index (χ4v) is 2.21. The molecule has 0 aliphatic heterocycles. The van der Waals surface area contributed by atoms with Crippen molar-refractivity contribution in [3.05, 3.63) is 29.8 Å². The summed E-state index contributed by atoms with van der Waals surface area (Å²) in [5.41, 5.74) is 7.32. The van der Waals surface area contributed by atoms with E-state index in [1.54, 1.807) is 7.11 Å². The minimum absolute atomic E-state index is 0.294. The third-order valence-electron chi connectivity index (χ3n) is 3.21.